The quantitative estimate of drug-likeness (QED) is 0.520. The molecule has 1 fully saturated rings. The number of likely N-dealkylation sites (tertiary alicyclic amines) is 1. The van der Waals surface area contributed by atoms with Gasteiger partial charge in [0.1, 0.15) is 5.82 Å². The van der Waals surface area contributed by atoms with Crippen LogP contribution in [-0.4, -0.2) is 38.4 Å². The van der Waals surface area contributed by atoms with Crippen LogP contribution >= 0.6 is 11.6 Å². The molecule has 1 amide bonds. The van der Waals surface area contributed by atoms with E-state index in [2.05, 4.69) is 9.97 Å². The molecule has 8 heteroatoms. The number of hydrogen-bond acceptors (Lipinski definition) is 2. The van der Waals surface area contributed by atoms with Crippen molar-refractivity contribution in [3.05, 3.63) is 69.5 Å². The van der Waals surface area contributed by atoms with Gasteiger partial charge in [0.05, 0.1) is 21.6 Å². The Balaban J connectivity index is 1.38. The first-order chi connectivity index (χ1) is 14.0. The van der Waals surface area contributed by atoms with Crippen molar-refractivity contribution in [2.75, 3.05) is 13.1 Å². The summed E-state index contributed by atoms with van der Waals surface area (Å²) in [6.07, 6.45) is 2.95. The predicted molar refractivity (Wildman–Crippen MR) is 110 cm³/mol. The van der Waals surface area contributed by atoms with E-state index in [0.717, 1.165) is 11.0 Å². The van der Waals surface area contributed by atoms with Gasteiger partial charge in [-0.1, -0.05) is 23.7 Å². The second kappa shape index (κ2) is 6.77. The zero-order valence-corrected chi connectivity index (χ0v) is 16.2. The number of nitrogens with zero attached hydrogens (tertiary/aromatic N) is 2. The number of nitrogens with one attached hydrogen (secondary N) is 2. The van der Waals surface area contributed by atoms with Crippen LogP contribution in [0, 0.1) is 5.82 Å². The van der Waals surface area contributed by atoms with E-state index in [0.29, 0.717) is 42.4 Å². The van der Waals surface area contributed by atoms with Gasteiger partial charge in [-0.3, -0.25) is 9.36 Å². The minimum absolute atomic E-state index is 0.0170. The molecule has 1 aliphatic heterocycles. The maximum atomic E-state index is 13.9. The molecule has 0 atom stereocenters. The molecule has 148 valence electrons. The first-order valence-corrected chi connectivity index (χ1v) is 9.85. The molecule has 0 bridgehead atoms. The molecular formula is C21H18ClFN4O2. The fraction of sp³-hybridized carbons (Fsp3) is 0.238. The van der Waals surface area contributed by atoms with Crippen LogP contribution in [0.15, 0.2) is 47.4 Å². The number of fused-ring (bicyclic) bond motifs is 2. The first-order valence-electron chi connectivity index (χ1n) is 9.47. The van der Waals surface area contributed by atoms with Crippen LogP contribution in [0.25, 0.3) is 21.9 Å². The van der Waals surface area contributed by atoms with Gasteiger partial charge in [-0.15, -0.1) is 0 Å². The van der Waals surface area contributed by atoms with E-state index in [-0.39, 0.29) is 22.7 Å². The number of para-hydroxylation sites is 2. The van der Waals surface area contributed by atoms with Crippen molar-refractivity contribution in [1.82, 2.24) is 19.4 Å². The van der Waals surface area contributed by atoms with Crippen molar-refractivity contribution >= 4 is 39.4 Å². The molecule has 1 aliphatic rings. The van der Waals surface area contributed by atoms with E-state index in [9.17, 15) is 14.0 Å². The summed E-state index contributed by atoms with van der Waals surface area (Å²) in [6, 6.07) is 10.4. The van der Waals surface area contributed by atoms with E-state index >= 15 is 0 Å². The molecule has 0 aliphatic carbocycles. The number of H-pyrrole nitrogens is 2. The summed E-state index contributed by atoms with van der Waals surface area (Å²) < 4.78 is 15.7. The van der Waals surface area contributed by atoms with Gasteiger partial charge in [-0.05, 0) is 37.1 Å². The average molecular weight is 413 g/mol. The third-order valence-electron chi connectivity index (χ3n) is 5.69. The Kier molecular flexibility index (Phi) is 4.20. The van der Waals surface area contributed by atoms with Crippen molar-refractivity contribution in [2.24, 2.45) is 0 Å². The summed E-state index contributed by atoms with van der Waals surface area (Å²) in [5, 5.41) is 0.537. The monoisotopic (exact) mass is 412 g/mol. The number of halogens is 2. The highest BCUT2D eigenvalue weighted by Gasteiger charge is 2.28. The largest absolute Gasteiger partial charge is 0.360 e. The summed E-state index contributed by atoms with van der Waals surface area (Å²) in [5.74, 6) is -0.701. The molecule has 6 nitrogen and oxygen atoms in total. The molecule has 3 heterocycles. The van der Waals surface area contributed by atoms with Crippen molar-refractivity contribution in [3.8, 4) is 0 Å². The Morgan fingerprint density at radius 3 is 2.69 bits per heavy atom. The van der Waals surface area contributed by atoms with Gasteiger partial charge in [0.25, 0.3) is 5.91 Å². The van der Waals surface area contributed by atoms with Gasteiger partial charge in [0, 0.05) is 36.2 Å². The Hall–Kier alpha value is -3.06. The van der Waals surface area contributed by atoms with Crippen LogP contribution in [0.5, 0.6) is 0 Å². The first kappa shape index (κ1) is 18.0. The second-order valence-corrected chi connectivity index (χ2v) is 7.76. The highest BCUT2D eigenvalue weighted by molar-refractivity contribution is 6.31. The lowest BCUT2D eigenvalue weighted by Gasteiger charge is -2.32. The second-order valence-electron chi connectivity index (χ2n) is 7.35. The highest BCUT2D eigenvalue weighted by atomic mass is 35.5. The molecule has 2 aromatic heterocycles. The number of amides is 1. The topological polar surface area (TPSA) is 73.9 Å². The predicted octanol–water partition coefficient (Wildman–Crippen LogP) is 4.08. The van der Waals surface area contributed by atoms with Crippen molar-refractivity contribution in [1.29, 1.82) is 0 Å². The van der Waals surface area contributed by atoms with Crippen LogP contribution in [0.1, 0.15) is 29.2 Å². The third kappa shape index (κ3) is 2.93. The van der Waals surface area contributed by atoms with Gasteiger partial charge < -0.3 is 14.9 Å². The molecule has 2 aromatic carbocycles. The number of carbonyl (C=O) groups is 1. The van der Waals surface area contributed by atoms with E-state index in [1.165, 1.54) is 12.1 Å². The lowest BCUT2D eigenvalue weighted by atomic mass is 10.0. The normalized spacial score (nSPS) is 15.4. The Morgan fingerprint density at radius 2 is 1.90 bits per heavy atom. The number of aromatic nitrogens is 3. The lowest BCUT2D eigenvalue weighted by molar-refractivity contribution is 0.0697. The zero-order chi connectivity index (χ0) is 20.1. The summed E-state index contributed by atoms with van der Waals surface area (Å²) >= 11 is 5.82. The minimum atomic E-state index is -0.551. The molecule has 4 aromatic rings. The molecule has 29 heavy (non-hydrogen) atoms. The van der Waals surface area contributed by atoms with Crippen molar-refractivity contribution in [2.45, 2.75) is 18.9 Å². The molecular weight excluding hydrogens is 395 g/mol. The molecule has 0 radical (unpaired) electrons. The SMILES string of the molecule is O=C(c1c[nH]c2cc(Cl)c(F)cc12)N1CCC(n2c(=O)[nH]c3ccccc32)CC1. The van der Waals surface area contributed by atoms with Crippen LogP contribution in [0.4, 0.5) is 4.39 Å². The lowest BCUT2D eigenvalue weighted by Crippen LogP contribution is -2.40. The molecule has 0 unspecified atom stereocenters. The molecule has 0 saturated carbocycles. The molecule has 1 saturated heterocycles. The van der Waals surface area contributed by atoms with E-state index < -0.39 is 5.82 Å². The summed E-state index contributed by atoms with van der Waals surface area (Å²) in [4.78, 5) is 33.1. The smallest absolute Gasteiger partial charge is 0.326 e. The standard InChI is InChI=1S/C21H18ClFN4O2/c22-15-10-18-13(9-16(15)23)14(11-24-18)20(28)26-7-5-12(6-8-26)27-19-4-2-1-3-17(19)25-21(27)29/h1-4,9-12,24H,5-8H2,(H,25,29). The number of benzene rings is 2. The summed E-state index contributed by atoms with van der Waals surface area (Å²) in [5.41, 5.74) is 2.62. The van der Waals surface area contributed by atoms with Gasteiger partial charge >= 0.3 is 5.69 Å². The molecule has 5 rings (SSSR count). The number of rotatable bonds is 2. The maximum absolute atomic E-state index is 13.9. The van der Waals surface area contributed by atoms with E-state index in [1.807, 2.05) is 24.3 Å². The Morgan fingerprint density at radius 1 is 1.14 bits per heavy atom. The minimum Gasteiger partial charge on any atom is -0.360 e. The van der Waals surface area contributed by atoms with Gasteiger partial charge in [0.15, 0.2) is 0 Å². The highest BCUT2D eigenvalue weighted by Crippen LogP contribution is 2.29. The van der Waals surface area contributed by atoms with Crippen LogP contribution < -0.4 is 5.69 Å². The number of imidazole rings is 1. The van der Waals surface area contributed by atoms with Gasteiger partial charge in [0.2, 0.25) is 0 Å². The third-order valence-corrected chi connectivity index (χ3v) is 5.98. The van der Waals surface area contributed by atoms with E-state index in [4.69, 9.17) is 11.6 Å². The molecule has 2 N–H and O–H groups in total. The Labute approximate surface area is 169 Å². The molecule has 0 spiro atoms. The van der Waals surface area contributed by atoms with Gasteiger partial charge in [-0.25, -0.2) is 9.18 Å². The van der Waals surface area contributed by atoms with Crippen LogP contribution in [0.2, 0.25) is 5.02 Å². The fourth-order valence-corrected chi connectivity index (χ4v) is 4.39. The maximum Gasteiger partial charge on any atom is 0.326 e. The van der Waals surface area contributed by atoms with Gasteiger partial charge in [-0.2, -0.15) is 0 Å². The summed E-state index contributed by atoms with van der Waals surface area (Å²) in [6.45, 7) is 1.05. The van der Waals surface area contributed by atoms with Crippen molar-refractivity contribution < 1.29 is 9.18 Å². The number of carbonyl (C=O) groups excluding carboxylic acids is 1. The number of hydrogen-bond donors (Lipinski definition) is 2. The number of aromatic amines is 2. The average Bonchev–Trinajstić information content (AvgIpc) is 3.27. The van der Waals surface area contributed by atoms with E-state index in [1.54, 1.807) is 15.7 Å². The summed E-state index contributed by atoms with van der Waals surface area (Å²) in [7, 11) is 0. The Bertz CT molecular complexity index is 1300. The van der Waals surface area contributed by atoms with Crippen LogP contribution in [-0.2, 0) is 0 Å². The fourth-order valence-electron chi connectivity index (χ4n) is 4.23. The number of piperidine rings is 1. The van der Waals surface area contributed by atoms with Crippen molar-refractivity contribution in [3.63, 3.8) is 0 Å². The van der Waals surface area contributed by atoms with Crippen LogP contribution in [0.3, 0.4) is 0 Å². The zero-order valence-electron chi connectivity index (χ0n) is 15.4.